The molecule has 5 heteroatoms. The Kier molecular flexibility index (Phi) is 5.71. The molecule has 0 aromatic rings. The molecule has 1 saturated carbocycles. The summed E-state index contributed by atoms with van der Waals surface area (Å²) in [7, 11) is 0. The lowest BCUT2D eigenvalue weighted by atomic mass is 9.89. The lowest BCUT2D eigenvalue weighted by Crippen LogP contribution is -2.52. The summed E-state index contributed by atoms with van der Waals surface area (Å²) in [5.74, 6) is 0.254. The predicted octanol–water partition coefficient (Wildman–Crippen LogP) is 1.30. The summed E-state index contributed by atoms with van der Waals surface area (Å²) < 4.78 is 5.21. The van der Waals surface area contributed by atoms with Gasteiger partial charge >= 0.3 is 0 Å². The Morgan fingerprint density at radius 2 is 1.77 bits per heavy atom. The zero-order valence-electron chi connectivity index (χ0n) is 13.5. The van der Waals surface area contributed by atoms with E-state index in [1.807, 2.05) is 0 Å². The molecule has 0 aromatic heterocycles. The number of ether oxygens (including phenoxy) is 1. The van der Waals surface area contributed by atoms with Gasteiger partial charge in [-0.1, -0.05) is 19.3 Å². The van der Waals surface area contributed by atoms with E-state index in [4.69, 9.17) is 4.74 Å². The van der Waals surface area contributed by atoms with Gasteiger partial charge in [0.2, 0.25) is 5.91 Å². The van der Waals surface area contributed by atoms with Crippen molar-refractivity contribution in [2.24, 2.45) is 5.92 Å². The van der Waals surface area contributed by atoms with Crippen LogP contribution in [0.2, 0.25) is 0 Å². The lowest BCUT2D eigenvalue weighted by molar-refractivity contribution is -0.130. The Morgan fingerprint density at radius 1 is 1.05 bits per heavy atom. The second kappa shape index (κ2) is 7.75. The highest BCUT2D eigenvalue weighted by Gasteiger charge is 2.32. The summed E-state index contributed by atoms with van der Waals surface area (Å²) in [4.78, 5) is 15.0. The highest BCUT2D eigenvalue weighted by molar-refractivity contribution is 5.79. The normalized spacial score (nSPS) is 32.8. The molecule has 2 N–H and O–H groups in total. The Hall–Kier alpha value is -0.650. The van der Waals surface area contributed by atoms with E-state index in [2.05, 4.69) is 10.2 Å². The summed E-state index contributed by atoms with van der Waals surface area (Å²) in [5.41, 5.74) is 0. The number of amides is 1. The standard InChI is InChI=1S/C17H30N2O3/c20-16-12-22-11-8-15(16)18-17(21)13-6-9-19(10-7-13)14-4-2-1-3-5-14/h13-16,20H,1-12H2,(H,18,21)/t15-,16-/m1/s1. The summed E-state index contributed by atoms with van der Waals surface area (Å²) in [6, 6.07) is 0.632. The molecule has 5 nitrogen and oxygen atoms in total. The number of aliphatic hydroxyl groups is 1. The van der Waals surface area contributed by atoms with Crippen LogP contribution in [-0.4, -0.2) is 60.4 Å². The van der Waals surface area contributed by atoms with Crippen molar-refractivity contribution < 1.29 is 14.6 Å². The molecule has 0 unspecified atom stereocenters. The molecule has 2 heterocycles. The predicted molar refractivity (Wildman–Crippen MR) is 84.5 cm³/mol. The highest BCUT2D eigenvalue weighted by atomic mass is 16.5. The van der Waals surface area contributed by atoms with Gasteiger partial charge < -0.3 is 20.1 Å². The summed E-state index contributed by atoms with van der Waals surface area (Å²) in [6.07, 6.45) is 8.88. The van der Waals surface area contributed by atoms with Crippen LogP contribution in [-0.2, 0) is 9.53 Å². The van der Waals surface area contributed by atoms with E-state index in [1.54, 1.807) is 0 Å². The molecule has 0 radical (unpaired) electrons. The van der Waals surface area contributed by atoms with Gasteiger partial charge in [-0.15, -0.1) is 0 Å². The summed E-state index contributed by atoms with van der Waals surface area (Å²) >= 11 is 0. The van der Waals surface area contributed by atoms with E-state index in [0.29, 0.717) is 19.6 Å². The van der Waals surface area contributed by atoms with E-state index in [9.17, 15) is 9.90 Å². The topological polar surface area (TPSA) is 61.8 Å². The third-order valence-corrected chi connectivity index (χ3v) is 5.65. The number of likely N-dealkylation sites (tertiary alicyclic amines) is 1. The van der Waals surface area contributed by atoms with Gasteiger partial charge in [-0.05, 0) is 45.2 Å². The second-order valence-electron chi connectivity index (χ2n) is 7.15. The molecule has 3 fully saturated rings. The van der Waals surface area contributed by atoms with Crippen LogP contribution in [0.15, 0.2) is 0 Å². The Morgan fingerprint density at radius 3 is 2.45 bits per heavy atom. The largest absolute Gasteiger partial charge is 0.389 e. The number of nitrogens with zero attached hydrogens (tertiary/aromatic N) is 1. The number of nitrogens with one attached hydrogen (secondary N) is 1. The third-order valence-electron chi connectivity index (χ3n) is 5.65. The monoisotopic (exact) mass is 310 g/mol. The van der Waals surface area contributed by atoms with Crippen molar-refractivity contribution in [1.82, 2.24) is 10.2 Å². The van der Waals surface area contributed by atoms with Crippen molar-refractivity contribution in [3.8, 4) is 0 Å². The van der Waals surface area contributed by atoms with Crippen molar-refractivity contribution in [3.05, 3.63) is 0 Å². The van der Waals surface area contributed by atoms with E-state index in [-0.39, 0.29) is 17.9 Å². The quantitative estimate of drug-likeness (QED) is 0.825. The lowest BCUT2D eigenvalue weighted by Gasteiger charge is -2.39. The van der Waals surface area contributed by atoms with Gasteiger partial charge in [-0.25, -0.2) is 0 Å². The van der Waals surface area contributed by atoms with E-state index >= 15 is 0 Å². The number of carbonyl (C=O) groups excluding carboxylic acids is 1. The molecule has 22 heavy (non-hydrogen) atoms. The first kappa shape index (κ1) is 16.2. The molecule has 0 aromatic carbocycles. The zero-order valence-corrected chi connectivity index (χ0v) is 13.5. The van der Waals surface area contributed by atoms with Crippen LogP contribution < -0.4 is 5.32 Å². The van der Waals surface area contributed by atoms with Crippen LogP contribution in [0, 0.1) is 5.92 Å². The first-order valence-electron chi connectivity index (χ1n) is 9.04. The number of piperidine rings is 1. The molecule has 0 bridgehead atoms. The fraction of sp³-hybridized carbons (Fsp3) is 0.941. The number of carbonyl (C=O) groups is 1. The zero-order chi connectivity index (χ0) is 15.4. The fourth-order valence-electron chi connectivity index (χ4n) is 4.16. The maximum Gasteiger partial charge on any atom is 0.223 e. The van der Waals surface area contributed by atoms with Gasteiger partial charge in [0, 0.05) is 18.6 Å². The van der Waals surface area contributed by atoms with Crippen molar-refractivity contribution in [2.45, 2.75) is 69.6 Å². The maximum atomic E-state index is 12.4. The van der Waals surface area contributed by atoms with E-state index in [1.165, 1.54) is 32.1 Å². The SMILES string of the molecule is O=C(N[C@@H]1CCOC[C@H]1O)C1CCN(C2CCCCC2)CC1. The number of rotatable bonds is 3. The Labute approximate surface area is 133 Å². The molecule has 2 saturated heterocycles. The van der Waals surface area contributed by atoms with Crippen molar-refractivity contribution in [3.63, 3.8) is 0 Å². The van der Waals surface area contributed by atoms with Gasteiger partial charge in [-0.2, -0.15) is 0 Å². The highest BCUT2D eigenvalue weighted by Crippen LogP contribution is 2.27. The van der Waals surface area contributed by atoms with Crippen LogP contribution in [0.3, 0.4) is 0 Å². The fourth-order valence-corrected chi connectivity index (χ4v) is 4.16. The van der Waals surface area contributed by atoms with Crippen LogP contribution in [0.5, 0.6) is 0 Å². The van der Waals surface area contributed by atoms with Crippen LogP contribution >= 0.6 is 0 Å². The van der Waals surface area contributed by atoms with Gasteiger partial charge in [0.05, 0.1) is 18.8 Å². The number of aliphatic hydroxyl groups excluding tert-OH is 1. The van der Waals surface area contributed by atoms with Gasteiger partial charge in [0.15, 0.2) is 0 Å². The minimum Gasteiger partial charge on any atom is -0.389 e. The average Bonchev–Trinajstić information content (AvgIpc) is 2.58. The van der Waals surface area contributed by atoms with Crippen LogP contribution in [0.4, 0.5) is 0 Å². The number of hydrogen-bond acceptors (Lipinski definition) is 4. The van der Waals surface area contributed by atoms with E-state index in [0.717, 1.165) is 32.0 Å². The second-order valence-corrected chi connectivity index (χ2v) is 7.15. The van der Waals surface area contributed by atoms with Gasteiger partial charge in [0.25, 0.3) is 0 Å². The summed E-state index contributed by atoms with van der Waals surface area (Å²) in [5, 5.41) is 12.9. The molecular formula is C17H30N2O3. The molecule has 3 aliphatic rings. The minimum atomic E-state index is -0.556. The molecule has 2 aliphatic heterocycles. The third kappa shape index (κ3) is 4.00. The van der Waals surface area contributed by atoms with Crippen LogP contribution in [0.25, 0.3) is 0 Å². The maximum absolute atomic E-state index is 12.4. The molecule has 1 amide bonds. The molecule has 126 valence electrons. The minimum absolute atomic E-state index is 0.120. The molecular weight excluding hydrogens is 280 g/mol. The first-order chi connectivity index (χ1) is 10.7. The number of hydrogen-bond donors (Lipinski definition) is 2. The molecule has 3 rings (SSSR count). The van der Waals surface area contributed by atoms with Crippen molar-refractivity contribution in [1.29, 1.82) is 0 Å². The smallest absolute Gasteiger partial charge is 0.223 e. The van der Waals surface area contributed by atoms with E-state index < -0.39 is 6.10 Å². The average molecular weight is 310 g/mol. The summed E-state index contributed by atoms with van der Waals surface area (Å²) in [6.45, 7) is 3.07. The molecule has 2 atom stereocenters. The Bertz CT molecular complexity index is 363. The van der Waals surface area contributed by atoms with Crippen molar-refractivity contribution >= 4 is 5.91 Å². The van der Waals surface area contributed by atoms with Gasteiger partial charge in [-0.3, -0.25) is 4.79 Å². The van der Waals surface area contributed by atoms with Gasteiger partial charge in [0.1, 0.15) is 0 Å². The molecule has 0 spiro atoms. The first-order valence-corrected chi connectivity index (χ1v) is 9.04. The van der Waals surface area contributed by atoms with Crippen LogP contribution in [0.1, 0.15) is 51.4 Å². The molecule has 1 aliphatic carbocycles. The Balaban J connectivity index is 1.43. The van der Waals surface area contributed by atoms with Crippen molar-refractivity contribution in [2.75, 3.05) is 26.3 Å².